The number of nitrogens with zero attached hydrogens (tertiary/aromatic N) is 4. The summed E-state index contributed by atoms with van der Waals surface area (Å²) < 4.78 is 0. The van der Waals surface area contributed by atoms with E-state index in [0.29, 0.717) is 29.5 Å². The normalized spacial score (nSPS) is 14.2. The van der Waals surface area contributed by atoms with Crippen LogP contribution in [0.5, 0.6) is 0 Å². The fraction of sp³-hybridized carbons (Fsp3) is 0.143. The van der Waals surface area contributed by atoms with E-state index >= 15 is 0 Å². The van der Waals surface area contributed by atoms with E-state index in [-0.39, 0.29) is 11.8 Å². The molecule has 4 aromatic rings. The molecule has 1 amide bonds. The van der Waals surface area contributed by atoms with Gasteiger partial charge in [0, 0.05) is 37.0 Å². The Morgan fingerprint density at radius 2 is 1.82 bits per heavy atom. The number of carbonyl (C=O) groups excluding carboxylic acids is 1. The van der Waals surface area contributed by atoms with Gasteiger partial charge in [-0.05, 0) is 12.1 Å². The summed E-state index contributed by atoms with van der Waals surface area (Å²) in [5.41, 5.74) is 4.20. The first-order valence-corrected chi connectivity index (χ1v) is 9.38. The number of amides is 1. The monoisotopic (exact) mass is 389 g/mol. The summed E-state index contributed by atoms with van der Waals surface area (Å²) in [5, 5.41) is 0.529. The first kappa shape index (κ1) is 16.9. The van der Waals surface area contributed by atoms with Crippen LogP contribution in [0.3, 0.4) is 0 Å². The van der Waals surface area contributed by atoms with Crippen molar-refractivity contribution in [3.05, 3.63) is 77.5 Å². The summed E-state index contributed by atoms with van der Waals surface area (Å²) >= 11 is 6.16. The van der Waals surface area contributed by atoms with E-state index in [1.165, 1.54) is 0 Å². The van der Waals surface area contributed by atoms with Gasteiger partial charge in [-0.15, -0.1) is 0 Å². The van der Waals surface area contributed by atoms with Crippen molar-refractivity contribution in [3.8, 4) is 11.3 Å². The minimum Gasteiger partial charge on any atom is -0.335 e. The minimum absolute atomic E-state index is 0.131. The molecule has 5 rings (SSSR count). The lowest BCUT2D eigenvalue weighted by molar-refractivity contribution is 0.0587. The van der Waals surface area contributed by atoms with Crippen molar-refractivity contribution in [3.63, 3.8) is 0 Å². The number of fused-ring (bicyclic) bond motifs is 1. The highest BCUT2D eigenvalue weighted by Crippen LogP contribution is 2.32. The van der Waals surface area contributed by atoms with Crippen LogP contribution in [0.15, 0.2) is 60.9 Å². The molecule has 1 aliphatic heterocycles. The Balaban J connectivity index is 1.36. The van der Waals surface area contributed by atoms with Crippen LogP contribution < -0.4 is 0 Å². The van der Waals surface area contributed by atoms with Crippen LogP contribution in [0, 0.1) is 0 Å². The number of rotatable bonds is 3. The number of carbonyl (C=O) groups is 1. The molecule has 7 heteroatoms. The number of likely N-dealkylation sites (tertiary alicyclic amines) is 1. The van der Waals surface area contributed by atoms with Gasteiger partial charge in [-0.3, -0.25) is 14.8 Å². The van der Waals surface area contributed by atoms with Crippen molar-refractivity contribution in [1.82, 2.24) is 24.8 Å². The van der Waals surface area contributed by atoms with Crippen molar-refractivity contribution >= 4 is 28.5 Å². The summed E-state index contributed by atoms with van der Waals surface area (Å²) in [7, 11) is 0. The van der Waals surface area contributed by atoms with Crippen molar-refractivity contribution in [1.29, 1.82) is 0 Å². The Labute approximate surface area is 166 Å². The molecule has 1 N–H and O–H groups in total. The molecular formula is C21H16ClN5O. The van der Waals surface area contributed by atoms with Crippen molar-refractivity contribution in [2.24, 2.45) is 0 Å². The molecule has 0 bridgehead atoms. The SMILES string of the molecule is O=C(c1nc2c(Cl)cccc2[nH]1)N1CC(c2nccnc2-c2ccccc2)C1. The topological polar surface area (TPSA) is 74.8 Å². The third-order valence-corrected chi connectivity index (χ3v) is 5.30. The average Bonchev–Trinajstić information content (AvgIpc) is 3.14. The molecule has 0 saturated carbocycles. The summed E-state index contributed by atoms with van der Waals surface area (Å²) in [5.74, 6) is 0.332. The number of hydrogen-bond acceptors (Lipinski definition) is 4. The van der Waals surface area contributed by atoms with E-state index < -0.39 is 0 Å². The van der Waals surface area contributed by atoms with E-state index in [1.54, 1.807) is 23.4 Å². The Morgan fingerprint density at radius 3 is 2.61 bits per heavy atom. The molecular weight excluding hydrogens is 374 g/mol. The first-order valence-electron chi connectivity index (χ1n) is 9.00. The van der Waals surface area contributed by atoms with Crippen LogP contribution in [-0.4, -0.2) is 43.8 Å². The predicted molar refractivity (Wildman–Crippen MR) is 107 cm³/mol. The molecule has 1 aliphatic rings. The van der Waals surface area contributed by atoms with Gasteiger partial charge in [-0.1, -0.05) is 48.0 Å². The van der Waals surface area contributed by atoms with Gasteiger partial charge in [0.1, 0.15) is 5.52 Å². The van der Waals surface area contributed by atoms with Crippen molar-refractivity contribution in [2.45, 2.75) is 5.92 Å². The molecule has 6 nitrogen and oxygen atoms in total. The summed E-state index contributed by atoms with van der Waals surface area (Å²) in [6, 6.07) is 15.4. The predicted octanol–water partition coefficient (Wildman–Crippen LogP) is 3.91. The third-order valence-electron chi connectivity index (χ3n) is 5.00. The lowest BCUT2D eigenvalue weighted by Gasteiger charge is -2.38. The van der Waals surface area contributed by atoms with E-state index in [1.807, 2.05) is 42.5 Å². The summed E-state index contributed by atoms with van der Waals surface area (Å²) in [4.78, 5) is 31.1. The molecule has 1 fully saturated rings. The molecule has 0 atom stereocenters. The number of aromatic nitrogens is 4. The summed E-state index contributed by atoms with van der Waals surface area (Å²) in [6.07, 6.45) is 3.40. The van der Waals surface area contributed by atoms with Gasteiger partial charge in [0.2, 0.25) is 0 Å². The fourth-order valence-corrected chi connectivity index (χ4v) is 3.75. The second-order valence-corrected chi connectivity index (χ2v) is 7.19. The second-order valence-electron chi connectivity index (χ2n) is 6.78. The Hall–Kier alpha value is -3.25. The maximum atomic E-state index is 12.8. The number of H-pyrrole nitrogens is 1. The highest BCUT2D eigenvalue weighted by Gasteiger charge is 2.36. The lowest BCUT2D eigenvalue weighted by Crippen LogP contribution is -2.49. The van der Waals surface area contributed by atoms with Crippen LogP contribution in [0.25, 0.3) is 22.3 Å². The molecule has 0 unspecified atom stereocenters. The van der Waals surface area contributed by atoms with Crippen molar-refractivity contribution < 1.29 is 4.79 Å². The molecule has 0 aliphatic carbocycles. The van der Waals surface area contributed by atoms with Crippen LogP contribution in [-0.2, 0) is 0 Å². The van der Waals surface area contributed by atoms with Crippen LogP contribution in [0.2, 0.25) is 5.02 Å². The van der Waals surface area contributed by atoms with Crippen molar-refractivity contribution in [2.75, 3.05) is 13.1 Å². The van der Waals surface area contributed by atoms with Gasteiger partial charge in [-0.25, -0.2) is 4.98 Å². The zero-order valence-corrected chi connectivity index (χ0v) is 15.6. The van der Waals surface area contributed by atoms with Gasteiger partial charge in [0.05, 0.1) is 21.9 Å². The maximum Gasteiger partial charge on any atom is 0.289 e. The largest absolute Gasteiger partial charge is 0.335 e. The van der Waals surface area contributed by atoms with Gasteiger partial charge in [0.15, 0.2) is 5.82 Å². The Bertz CT molecular complexity index is 1170. The Morgan fingerprint density at radius 1 is 1.04 bits per heavy atom. The lowest BCUT2D eigenvalue weighted by atomic mass is 9.92. The molecule has 1 saturated heterocycles. The highest BCUT2D eigenvalue weighted by molar-refractivity contribution is 6.35. The van der Waals surface area contributed by atoms with E-state index in [4.69, 9.17) is 11.6 Å². The standard InChI is InChI=1S/C21H16ClN5O/c22-15-7-4-8-16-19(15)26-20(25-16)21(28)27-11-14(12-27)18-17(23-9-10-24-18)13-5-2-1-3-6-13/h1-10,14H,11-12H2,(H,25,26). The quantitative estimate of drug-likeness (QED) is 0.576. The zero-order chi connectivity index (χ0) is 19.1. The molecule has 28 heavy (non-hydrogen) atoms. The van der Waals surface area contributed by atoms with Crippen LogP contribution in [0.1, 0.15) is 22.2 Å². The number of imidazole rings is 1. The smallest absolute Gasteiger partial charge is 0.289 e. The number of para-hydroxylation sites is 1. The second kappa shape index (κ2) is 6.73. The van der Waals surface area contributed by atoms with Gasteiger partial charge < -0.3 is 9.88 Å². The van der Waals surface area contributed by atoms with Crippen LogP contribution in [0.4, 0.5) is 0 Å². The van der Waals surface area contributed by atoms with Gasteiger partial charge >= 0.3 is 0 Å². The first-order chi connectivity index (χ1) is 13.7. The van der Waals surface area contributed by atoms with Gasteiger partial charge in [-0.2, -0.15) is 0 Å². The summed E-state index contributed by atoms with van der Waals surface area (Å²) in [6.45, 7) is 1.17. The number of halogens is 1. The number of aromatic amines is 1. The molecule has 138 valence electrons. The Kier molecular flexibility index (Phi) is 4.06. The minimum atomic E-state index is -0.131. The highest BCUT2D eigenvalue weighted by atomic mass is 35.5. The van der Waals surface area contributed by atoms with E-state index in [9.17, 15) is 4.79 Å². The molecule has 3 heterocycles. The third kappa shape index (κ3) is 2.82. The molecule has 0 radical (unpaired) electrons. The fourth-order valence-electron chi connectivity index (χ4n) is 3.53. The number of hydrogen-bond donors (Lipinski definition) is 1. The maximum absolute atomic E-state index is 12.8. The molecule has 2 aromatic carbocycles. The van der Waals surface area contributed by atoms with E-state index in [0.717, 1.165) is 22.5 Å². The number of benzene rings is 2. The molecule has 0 spiro atoms. The average molecular weight is 390 g/mol. The zero-order valence-electron chi connectivity index (χ0n) is 14.8. The molecule has 2 aromatic heterocycles. The van der Waals surface area contributed by atoms with Gasteiger partial charge in [0.25, 0.3) is 5.91 Å². The van der Waals surface area contributed by atoms with Crippen LogP contribution >= 0.6 is 11.6 Å². The van der Waals surface area contributed by atoms with E-state index in [2.05, 4.69) is 19.9 Å². The number of nitrogens with one attached hydrogen (secondary N) is 1.